The number of anilines is 2. The monoisotopic (exact) mass is 236 g/mol. The van der Waals surface area contributed by atoms with E-state index in [2.05, 4.69) is 15.0 Å². The van der Waals surface area contributed by atoms with E-state index >= 15 is 0 Å². The molecule has 0 aliphatic rings. The van der Waals surface area contributed by atoms with Crippen LogP contribution >= 0.6 is 0 Å². The second-order valence-corrected chi connectivity index (χ2v) is 3.22. The predicted molar refractivity (Wildman–Crippen MR) is 60.6 cm³/mol. The molecule has 17 heavy (non-hydrogen) atoms. The van der Waals surface area contributed by atoms with E-state index in [1.165, 1.54) is 18.3 Å². The van der Waals surface area contributed by atoms with E-state index in [0.717, 1.165) is 5.69 Å². The number of hydrogen-bond acceptors (Lipinski definition) is 3. The number of halogens is 2. The van der Waals surface area contributed by atoms with Crippen LogP contribution in [0.3, 0.4) is 0 Å². The first-order valence-corrected chi connectivity index (χ1v) is 4.97. The molecule has 1 heterocycles. The van der Waals surface area contributed by atoms with Gasteiger partial charge < -0.3 is 10.1 Å². The molecule has 0 aliphatic carbocycles. The van der Waals surface area contributed by atoms with E-state index in [1.807, 2.05) is 18.2 Å². The molecular formula is C12H10F2N2O. The number of ether oxygens (including phenoxy) is 1. The molecule has 3 nitrogen and oxygen atoms in total. The Morgan fingerprint density at radius 1 is 1.06 bits per heavy atom. The molecule has 0 atom stereocenters. The van der Waals surface area contributed by atoms with Crippen LogP contribution in [0.15, 0.2) is 48.7 Å². The highest BCUT2D eigenvalue weighted by Gasteiger charge is 2.10. The van der Waals surface area contributed by atoms with Crippen LogP contribution in [0.2, 0.25) is 0 Å². The first-order chi connectivity index (χ1) is 8.25. The van der Waals surface area contributed by atoms with Crippen LogP contribution in [0.5, 0.6) is 5.75 Å². The van der Waals surface area contributed by atoms with Gasteiger partial charge in [0.15, 0.2) is 11.6 Å². The molecule has 0 fully saturated rings. The third kappa shape index (κ3) is 3.14. The molecule has 0 unspecified atom stereocenters. The minimum atomic E-state index is -2.87. The van der Waals surface area contributed by atoms with Crippen molar-refractivity contribution >= 4 is 11.5 Å². The average Bonchev–Trinajstić information content (AvgIpc) is 2.32. The third-order valence-corrected chi connectivity index (χ3v) is 2.02. The molecule has 2 aromatic rings. The maximum Gasteiger partial charge on any atom is 0.387 e. The third-order valence-electron chi connectivity index (χ3n) is 2.02. The molecule has 1 aromatic carbocycles. The van der Waals surface area contributed by atoms with Gasteiger partial charge in [-0.2, -0.15) is 8.78 Å². The number of nitrogens with zero attached hydrogens (tertiary/aromatic N) is 1. The van der Waals surface area contributed by atoms with Crippen molar-refractivity contribution in [2.24, 2.45) is 0 Å². The second-order valence-electron chi connectivity index (χ2n) is 3.22. The summed E-state index contributed by atoms with van der Waals surface area (Å²) in [6.07, 6.45) is 1.50. The second kappa shape index (κ2) is 5.25. The fourth-order valence-electron chi connectivity index (χ4n) is 1.33. The van der Waals surface area contributed by atoms with Gasteiger partial charge in [0.25, 0.3) is 0 Å². The number of aromatic nitrogens is 1. The maximum atomic E-state index is 12.2. The molecule has 0 aliphatic heterocycles. The Labute approximate surface area is 97.1 Å². The summed E-state index contributed by atoms with van der Waals surface area (Å²) >= 11 is 0. The molecule has 1 aromatic heterocycles. The molecule has 88 valence electrons. The predicted octanol–water partition coefficient (Wildman–Crippen LogP) is 3.43. The summed E-state index contributed by atoms with van der Waals surface area (Å²) in [6.45, 7) is -2.87. The largest absolute Gasteiger partial charge is 0.431 e. The first-order valence-electron chi connectivity index (χ1n) is 4.97. The van der Waals surface area contributed by atoms with Gasteiger partial charge in [0.2, 0.25) is 0 Å². The van der Waals surface area contributed by atoms with Crippen molar-refractivity contribution in [1.29, 1.82) is 0 Å². The summed E-state index contributed by atoms with van der Waals surface area (Å²) in [5.74, 6) is 0.283. The van der Waals surface area contributed by atoms with Crippen LogP contribution in [0.25, 0.3) is 0 Å². The van der Waals surface area contributed by atoms with Gasteiger partial charge in [0.1, 0.15) is 0 Å². The highest BCUT2D eigenvalue weighted by atomic mass is 19.3. The van der Waals surface area contributed by atoms with Crippen molar-refractivity contribution in [2.75, 3.05) is 5.32 Å². The maximum absolute atomic E-state index is 12.2. The smallest absolute Gasteiger partial charge is 0.387 e. The summed E-state index contributed by atoms with van der Waals surface area (Å²) in [4.78, 5) is 3.96. The van der Waals surface area contributed by atoms with E-state index in [0.29, 0.717) is 0 Å². The van der Waals surface area contributed by atoms with E-state index in [4.69, 9.17) is 0 Å². The van der Waals surface area contributed by atoms with Crippen LogP contribution in [-0.4, -0.2) is 11.6 Å². The zero-order valence-electron chi connectivity index (χ0n) is 8.81. The molecule has 0 amide bonds. The highest BCUT2D eigenvalue weighted by molar-refractivity contribution is 5.61. The van der Waals surface area contributed by atoms with Gasteiger partial charge in [-0.05, 0) is 24.3 Å². The number of alkyl halides is 2. The van der Waals surface area contributed by atoms with Gasteiger partial charge in [-0.25, -0.2) is 4.98 Å². The van der Waals surface area contributed by atoms with Gasteiger partial charge >= 0.3 is 6.61 Å². The Balaban J connectivity index is 2.20. The van der Waals surface area contributed by atoms with Crippen LogP contribution in [-0.2, 0) is 0 Å². The molecule has 0 spiro atoms. The molecule has 2 rings (SSSR count). The summed E-state index contributed by atoms with van der Waals surface area (Å²) in [6, 6.07) is 12.1. The minimum Gasteiger partial charge on any atom is -0.431 e. The molecular weight excluding hydrogens is 226 g/mol. The Morgan fingerprint density at radius 2 is 1.82 bits per heavy atom. The molecule has 0 saturated heterocycles. The first kappa shape index (κ1) is 11.3. The van der Waals surface area contributed by atoms with Crippen molar-refractivity contribution in [1.82, 2.24) is 4.98 Å². The van der Waals surface area contributed by atoms with E-state index < -0.39 is 6.61 Å². The van der Waals surface area contributed by atoms with E-state index in [-0.39, 0.29) is 11.6 Å². The Hall–Kier alpha value is -2.17. The van der Waals surface area contributed by atoms with Gasteiger partial charge in [0.05, 0.1) is 0 Å². The summed E-state index contributed by atoms with van der Waals surface area (Å²) in [5, 5.41) is 2.91. The van der Waals surface area contributed by atoms with Crippen LogP contribution in [0.1, 0.15) is 0 Å². The Kier molecular flexibility index (Phi) is 3.49. The number of benzene rings is 1. The van der Waals surface area contributed by atoms with Crippen LogP contribution in [0.4, 0.5) is 20.3 Å². The van der Waals surface area contributed by atoms with E-state index in [1.54, 1.807) is 12.1 Å². The van der Waals surface area contributed by atoms with Gasteiger partial charge in [-0.3, -0.25) is 0 Å². The zero-order valence-corrected chi connectivity index (χ0v) is 8.81. The van der Waals surface area contributed by atoms with Crippen LogP contribution < -0.4 is 10.1 Å². The van der Waals surface area contributed by atoms with Crippen molar-refractivity contribution < 1.29 is 13.5 Å². The van der Waals surface area contributed by atoms with Gasteiger partial charge in [0, 0.05) is 11.9 Å². The normalized spacial score (nSPS) is 10.3. The SMILES string of the molecule is FC(F)Oc1cccnc1Nc1ccccc1. The highest BCUT2D eigenvalue weighted by Crippen LogP contribution is 2.25. The van der Waals surface area contributed by atoms with Crippen LogP contribution in [0, 0.1) is 0 Å². The Morgan fingerprint density at radius 3 is 2.53 bits per heavy atom. The summed E-state index contributed by atoms with van der Waals surface area (Å²) in [5.41, 5.74) is 0.755. The van der Waals surface area contributed by atoms with Gasteiger partial charge in [-0.1, -0.05) is 18.2 Å². The zero-order chi connectivity index (χ0) is 12.1. The average molecular weight is 236 g/mol. The fourth-order valence-corrected chi connectivity index (χ4v) is 1.33. The standard InChI is InChI=1S/C12H10F2N2O/c13-12(14)17-10-7-4-8-15-11(10)16-9-5-2-1-3-6-9/h1-8,12H,(H,15,16). The molecule has 5 heteroatoms. The quantitative estimate of drug-likeness (QED) is 0.883. The van der Waals surface area contributed by atoms with Crippen molar-refractivity contribution in [2.45, 2.75) is 6.61 Å². The van der Waals surface area contributed by atoms with Crippen molar-refractivity contribution in [3.8, 4) is 5.75 Å². The summed E-state index contributed by atoms with van der Waals surface area (Å²) < 4.78 is 28.7. The number of rotatable bonds is 4. The van der Waals surface area contributed by atoms with E-state index in [9.17, 15) is 8.78 Å². The molecule has 0 bridgehead atoms. The lowest BCUT2D eigenvalue weighted by atomic mass is 10.3. The van der Waals surface area contributed by atoms with Crippen molar-refractivity contribution in [3.63, 3.8) is 0 Å². The van der Waals surface area contributed by atoms with Gasteiger partial charge in [-0.15, -0.1) is 0 Å². The lowest BCUT2D eigenvalue weighted by Gasteiger charge is -2.11. The molecule has 0 radical (unpaired) electrons. The summed E-state index contributed by atoms with van der Waals surface area (Å²) in [7, 11) is 0. The number of hydrogen-bond donors (Lipinski definition) is 1. The number of pyridine rings is 1. The topological polar surface area (TPSA) is 34.1 Å². The lowest BCUT2D eigenvalue weighted by molar-refractivity contribution is -0.0495. The number of para-hydroxylation sites is 1. The fraction of sp³-hybridized carbons (Fsp3) is 0.0833. The molecule has 0 saturated carbocycles. The Bertz CT molecular complexity index is 477. The molecule has 1 N–H and O–H groups in total. The number of nitrogens with one attached hydrogen (secondary N) is 1. The van der Waals surface area contributed by atoms with Crippen molar-refractivity contribution in [3.05, 3.63) is 48.7 Å². The minimum absolute atomic E-state index is 0.0198. The lowest BCUT2D eigenvalue weighted by Crippen LogP contribution is -2.05.